The lowest BCUT2D eigenvalue weighted by Gasteiger charge is -2.32. The molecule has 1 aliphatic rings. The van der Waals surface area contributed by atoms with Crippen molar-refractivity contribution in [1.82, 2.24) is 9.80 Å². The highest BCUT2D eigenvalue weighted by Gasteiger charge is 2.14. The summed E-state index contributed by atoms with van der Waals surface area (Å²) in [6.07, 6.45) is 0.619. The van der Waals surface area contributed by atoms with Crippen LogP contribution in [-0.2, 0) is 0 Å². The Hall–Kier alpha value is -1.46. The van der Waals surface area contributed by atoms with Gasteiger partial charge in [-0.05, 0) is 19.2 Å². The molecule has 0 N–H and O–H groups in total. The average molecular weight is 266 g/mol. The zero-order valence-corrected chi connectivity index (χ0v) is 11.1. The minimum atomic E-state index is -0.483. The maximum absolute atomic E-state index is 13.5. The molecule has 0 radical (unpaired) electrons. The number of hydrogen-bond acceptors (Lipinski definition) is 4. The average Bonchev–Trinajstić information content (AvgIpc) is 2.42. The summed E-state index contributed by atoms with van der Waals surface area (Å²) in [5, 5.41) is 0. The van der Waals surface area contributed by atoms with Gasteiger partial charge in [0.15, 0.2) is 17.9 Å². The Morgan fingerprint density at radius 1 is 1.32 bits per heavy atom. The SMILES string of the molecule is CN1CCN(CCOc2c(F)cccc2C=O)CC1. The van der Waals surface area contributed by atoms with Crippen LogP contribution in [0.25, 0.3) is 0 Å². The zero-order valence-electron chi connectivity index (χ0n) is 11.1. The highest BCUT2D eigenvalue weighted by Crippen LogP contribution is 2.20. The number of likely N-dealkylation sites (N-methyl/N-ethyl adjacent to an activating group) is 1. The number of carbonyl (C=O) groups excluding carboxylic acids is 1. The van der Waals surface area contributed by atoms with Gasteiger partial charge in [0.05, 0.1) is 5.56 Å². The molecule has 19 heavy (non-hydrogen) atoms. The fraction of sp³-hybridized carbons (Fsp3) is 0.500. The Morgan fingerprint density at radius 3 is 2.74 bits per heavy atom. The van der Waals surface area contributed by atoms with E-state index in [4.69, 9.17) is 4.74 Å². The van der Waals surface area contributed by atoms with Crippen LogP contribution in [0.15, 0.2) is 18.2 Å². The first kappa shape index (κ1) is 14.0. The van der Waals surface area contributed by atoms with Crippen LogP contribution in [0, 0.1) is 5.82 Å². The number of benzene rings is 1. The molecule has 1 saturated heterocycles. The van der Waals surface area contributed by atoms with Crippen LogP contribution in [0.1, 0.15) is 10.4 Å². The summed E-state index contributed by atoms with van der Waals surface area (Å²) in [6.45, 7) is 5.22. The molecule has 0 saturated carbocycles. The number of ether oxygens (including phenoxy) is 1. The summed E-state index contributed by atoms with van der Waals surface area (Å²) in [5.74, 6) is -0.422. The second-order valence-electron chi connectivity index (χ2n) is 4.77. The smallest absolute Gasteiger partial charge is 0.165 e. The molecule has 0 unspecified atom stereocenters. The van der Waals surface area contributed by atoms with Crippen molar-refractivity contribution in [3.63, 3.8) is 0 Å². The molecule has 0 atom stereocenters. The Balaban J connectivity index is 1.84. The van der Waals surface area contributed by atoms with Crippen molar-refractivity contribution in [2.24, 2.45) is 0 Å². The van der Waals surface area contributed by atoms with E-state index in [1.54, 1.807) is 6.07 Å². The minimum Gasteiger partial charge on any atom is -0.488 e. The van der Waals surface area contributed by atoms with Crippen molar-refractivity contribution >= 4 is 6.29 Å². The van der Waals surface area contributed by atoms with Crippen molar-refractivity contribution in [2.75, 3.05) is 46.4 Å². The zero-order chi connectivity index (χ0) is 13.7. The Kier molecular flexibility index (Phi) is 4.87. The molecule has 1 heterocycles. The van der Waals surface area contributed by atoms with E-state index < -0.39 is 5.82 Å². The van der Waals surface area contributed by atoms with Crippen LogP contribution >= 0.6 is 0 Å². The van der Waals surface area contributed by atoms with Crippen LogP contribution in [0.4, 0.5) is 4.39 Å². The van der Waals surface area contributed by atoms with Gasteiger partial charge in [0.1, 0.15) is 6.61 Å². The Morgan fingerprint density at radius 2 is 2.05 bits per heavy atom. The standard InChI is InChI=1S/C14H19FN2O2/c1-16-5-7-17(8-6-16)9-10-19-14-12(11-18)3-2-4-13(14)15/h2-4,11H,5-10H2,1H3. The third-order valence-corrected chi connectivity index (χ3v) is 3.37. The van der Waals surface area contributed by atoms with Crippen LogP contribution in [0.5, 0.6) is 5.75 Å². The van der Waals surface area contributed by atoms with Crippen LogP contribution in [-0.4, -0.2) is 62.5 Å². The van der Waals surface area contributed by atoms with Gasteiger partial charge in [0.2, 0.25) is 0 Å². The molecule has 4 nitrogen and oxygen atoms in total. The number of para-hydroxylation sites is 1. The first-order valence-corrected chi connectivity index (χ1v) is 6.48. The van der Waals surface area contributed by atoms with Crippen LogP contribution in [0.2, 0.25) is 0 Å². The summed E-state index contributed by atoms with van der Waals surface area (Å²) in [7, 11) is 2.10. The molecule has 5 heteroatoms. The molecule has 0 bridgehead atoms. The van der Waals surface area contributed by atoms with Crippen molar-refractivity contribution in [3.05, 3.63) is 29.6 Å². The van der Waals surface area contributed by atoms with Gasteiger partial charge in [-0.3, -0.25) is 9.69 Å². The van der Waals surface area contributed by atoms with E-state index in [9.17, 15) is 9.18 Å². The van der Waals surface area contributed by atoms with Crippen LogP contribution < -0.4 is 4.74 Å². The summed E-state index contributed by atoms with van der Waals surface area (Å²) >= 11 is 0. The number of nitrogens with zero attached hydrogens (tertiary/aromatic N) is 2. The van der Waals surface area contributed by atoms with Gasteiger partial charge in [-0.25, -0.2) is 4.39 Å². The highest BCUT2D eigenvalue weighted by atomic mass is 19.1. The first-order valence-electron chi connectivity index (χ1n) is 6.48. The minimum absolute atomic E-state index is 0.0617. The summed E-state index contributed by atoms with van der Waals surface area (Å²) < 4.78 is 19.0. The quantitative estimate of drug-likeness (QED) is 0.751. The third kappa shape index (κ3) is 3.75. The lowest BCUT2D eigenvalue weighted by molar-refractivity contribution is 0.111. The van der Waals surface area contributed by atoms with Crippen molar-refractivity contribution in [1.29, 1.82) is 0 Å². The molecule has 104 valence electrons. The second-order valence-corrected chi connectivity index (χ2v) is 4.77. The van der Waals surface area contributed by atoms with Crippen molar-refractivity contribution in [3.8, 4) is 5.75 Å². The number of carbonyl (C=O) groups is 1. The van der Waals surface area contributed by atoms with E-state index in [-0.39, 0.29) is 11.3 Å². The van der Waals surface area contributed by atoms with E-state index >= 15 is 0 Å². The Labute approximate surface area is 112 Å². The Bertz CT molecular complexity index is 431. The highest BCUT2D eigenvalue weighted by molar-refractivity contribution is 5.79. The van der Waals surface area contributed by atoms with Gasteiger partial charge < -0.3 is 9.64 Å². The molecular formula is C14H19FN2O2. The molecule has 1 aromatic rings. The first-order chi connectivity index (χ1) is 9.20. The molecule has 0 spiro atoms. The monoisotopic (exact) mass is 266 g/mol. The van der Waals surface area contributed by atoms with Crippen LogP contribution in [0.3, 0.4) is 0 Å². The molecule has 1 aromatic carbocycles. The number of rotatable bonds is 5. The topological polar surface area (TPSA) is 32.8 Å². The largest absolute Gasteiger partial charge is 0.488 e. The number of piperazine rings is 1. The maximum atomic E-state index is 13.5. The van der Waals surface area contributed by atoms with E-state index in [1.807, 2.05) is 0 Å². The molecule has 2 rings (SSSR count). The second kappa shape index (κ2) is 6.63. The van der Waals surface area contributed by atoms with E-state index in [0.717, 1.165) is 32.7 Å². The van der Waals surface area contributed by atoms with Gasteiger partial charge in [0.25, 0.3) is 0 Å². The van der Waals surface area contributed by atoms with Gasteiger partial charge in [-0.1, -0.05) is 6.07 Å². The van der Waals surface area contributed by atoms with Gasteiger partial charge in [-0.2, -0.15) is 0 Å². The maximum Gasteiger partial charge on any atom is 0.165 e. The summed E-state index contributed by atoms with van der Waals surface area (Å²) in [5.41, 5.74) is 0.262. The van der Waals surface area contributed by atoms with E-state index in [1.165, 1.54) is 12.1 Å². The third-order valence-electron chi connectivity index (χ3n) is 3.37. The number of halogens is 1. The van der Waals surface area contributed by atoms with Gasteiger partial charge in [-0.15, -0.1) is 0 Å². The molecule has 1 fully saturated rings. The molecule has 0 aliphatic carbocycles. The molecular weight excluding hydrogens is 247 g/mol. The molecule has 0 amide bonds. The summed E-state index contributed by atoms with van der Waals surface area (Å²) in [6, 6.07) is 4.37. The van der Waals surface area contributed by atoms with Gasteiger partial charge >= 0.3 is 0 Å². The normalized spacial score (nSPS) is 17.4. The van der Waals surface area contributed by atoms with Gasteiger partial charge in [0, 0.05) is 32.7 Å². The van der Waals surface area contributed by atoms with E-state index in [0.29, 0.717) is 12.9 Å². The number of hydrogen-bond donors (Lipinski definition) is 0. The van der Waals surface area contributed by atoms with E-state index in [2.05, 4.69) is 16.8 Å². The predicted molar refractivity (Wildman–Crippen MR) is 71.2 cm³/mol. The fourth-order valence-corrected chi connectivity index (χ4v) is 2.12. The molecule has 0 aromatic heterocycles. The summed E-state index contributed by atoms with van der Waals surface area (Å²) in [4.78, 5) is 15.4. The lowest BCUT2D eigenvalue weighted by Crippen LogP contribution is -2.45. The predicted octanol–water partition coefficient (Wildman–Crippen LogP) is 1.26. The fourth-order valence-electron chi connectivity index (χ4n) is 2.12. The lowest BCUT2D eigenvalue weighted by atomic mass is 10.2. The molecule has 1 aliphatic heterocycles. The number of aldehydes is 1. The van der Waals surface area contributed by atoms with Crippen molar-refractivity contribution < 1.29 is 13.9 Å². The van der Waals surface area contributed by atoms with Crippen molar-refractivity contribution in [2.45, 2.75) is 0 Å².